The summed E-state index contributed by atoms with van der Waals surface area (Å²) in [5.74, 6) is -2.11. The highest BCUT2D eigenvalue weighted by Crippen LogP contribution is 2.51. The smallest absolute Gasteiger partial charge is 0.416 e. The van der Waals surface area contributed by atoms with Crippen molar-refractivity contribution >= 4 is 17.6 Å². The highest BCUT2D eigenvalue weighted by Gasteiger charge is 2.47. The SMILES string of the molecule is O=C(O)CCc1ccc(NC(=O)C2CC2c2ccccc2C(F)(F)F)cc1. The lowest BCUT2D eigenvalue weighted by molar-refractivity contribution is -0.138. The van der Waals surface area contributed by atoms with Gasteiger partial charge in [-0.15, -0.1) is 0 Å². The number of halogens is 3. The Balaban J connectivity index is 1.62. The number of rotatable bonds is 6. The predicted octanol–water partition coefficient (Wildman–Crippen LogP) is 4.46. The molecule has 2 N–H and O–H groups in total. The Bertz CT molecular complexity index is 846. The first-order chi connectivity index (χ1) is 12.8. The molecular weight excluding hydrogens is 359 g/mol. The quantitative estimate of drug-likeness (QED) is 0.781. The normalized spacial score (nSPS) is 18.8. The molecule has 1 aliphatic rings. The van der Waals surface area contributed by atoms with Crippen molar-refractivity contribution in [3.8, 4) is 0 Å². The third kappa shape index (κ3) is 4.67. The summed E-state index contributed by atoms with van der Waals surface area (Å²) in [4.78, 5) is 22.9. The van der Waals surface area contributed by atoms with Gasteiger partial charge in [-0.05, 0) is 48.1 Å². The van der Waals surface area contributed by atoms with Gasteiger partial charge >= 0.3 is 12.1 Å². The summed E-state index contributed by atoms with van der Waals surface area (Å²) in [6.45, 7) is 0. The Hall–Kier alpha value is -2.83. The summed E-state index contributed by atoms with van der Waals surface area (Å²) in [5.41, 5.74) is 0.842. The number of amides is 1. The van der Waals surface area contributed by atoms with Crippen LogP contribution >= 0.6 is 0 Å². The maximum Gasteiger partial charge on any atom is 0.416 e. The van der Waals surface area contributed by atoms with E-state index in [1.54, 1.807) is 30.3 Å². The lowest BCUT2D eigenvalue weighted by Gasteiger charge is -2.12. The maximum atomic E-state index is 13.1. The fraction of sp³-hybridized carbons (Fsp3) is 0.300. The number of carbonyl (C=O) groups is 2. The van der Waals surface area contributed by atoms with Gasteiger partial charge in [0.25, 0.3) is 0 Å². The van der Waals surface area contributed by atoms with E-state index in [0.717, 1.165) is 11.6 Å². The molecule has 1 amide bonds. The topological polar surface area (TPSA) is 66.4 Å². The first-order valence-electron chi connectivity index (χ1n) is 8.53. The van der Waals surface area contributed by atoms with Crippen molar-refractivity contribution in [2.45, 2.75) is 31.4 Å². The molecule has 2 aromatic carbocycles. The molecule has 0 radical (unpaired) electrons. The maximum absolute atomic E-state index is 13.1. The van der Waals surface area contributed by atoms with Gasteiger partial charge in [0.05, 0.1) is 5.56 Å². The summed E-state index contributed by atoms with van der Waals surface area (Å²) in [7, 11) is 0. The number of benzene rings is 2. The van der Waals surface area contributed by atoms with Crippen molar-refractivity contribution in [1.29, 1.82) is 0 Å². The third-order valence-electron chi connectivity index (χ3n) is 4.64. The lowest BCUT2D eigenvalue weighted by atomic mass is 10.0. The molecule has 7 heteroatoms. The molecule has 142 valence electrons. The third-order valence-corrected chi connectivity index (χ3v) is 4.64. The van der Waals surface area contributed by atoms with Gasteiger partial charge in [-0.25, -0.2) is 0 Å². The molecule has 0 aromatic heterocycles. The standard InChI is InChI=1S/C20H18F3NO3/c21-20(22,23)17-4-2-1-3-14(17)15-11-16(15)19(27)24-13-8-5-12(6-9-13)7-10-18(25)26/h1-6,8-9,15-16H,7,10-11H2,(H,24,27)(H,25,26). The van der Waals surface area contributed by atoms with Crippen LogP contribution in [0.4, 0.5) is 18.9 Å². The van der Waals surface area contributed by atoms with E-state index in [1.165, 1.54) is 12.1 Å². The minimum atomic E-state index is -4.44. The van der Waals surface area contributed by atoms with E-state index < -0.39 is 29.5 Å². The monoisotopic (exact) mass is 377 g/mol. The molecule has 0 heterocycles. The molecule has 2 unspecified atom stereocenters. The van der Waals surface area contributed by atoms with Crippen LogP contribution in [0.1, 0.15) is 35.4 Å². The van der Waals surface area contributed by atoms with E-state index in [0.29, 0.717) is 18.5 Å². The molecule has 2 atom stereocenters. The first-order valence-corrected chi connectivity index (χ1v) is 8.53. The molecule has 2 aromatic rings. The summed E-state index contributed by atoms with van der Waals surface area (Å²) < 4.78 is 39.4. The van der Waals surface area contributed by atoms with Crippen LogP contribution < -0.4 is 5.32 Å². The molecule has 3 rings (SSSR count). The molecule has 1 fully saturated rings. The summed E-state index contributed by atoms with van der Waals surface area (Å²) >= 11 is 0. The van der Waals surface area contributed by atoms with Crippen LogP contribution in [0.25, 0.3) is 0 Å². The van der Waals surface area contributed by atoms with E-state index in [4.69, 9.17) is 5.11 Å². The summed E-state index contributed by atoms with van der Waals surface area (Å²) in [5, 5.41) is 11.4. The van der Waals surface area contributed by atoms with Crippen LogP contribution in [0.2, 0.25) is 0 Å². The van der Waals surface area contributed by atoms with E-state index in [2.05, 4.69) is 5.32 Å². The van der Waals surface area contributed by atoms with Crippen LogP contribution in [-0.4, -0.2) is 17.0 Å². The van der Waals surface area contributed by atoms with Crippen molar-refractivity contribution in [1.82, 2.24) is 0 Å². The summed E-state index contributed by atoms with van der Waals surface area (Å²) in [6, 6.07) is 12.1. The molecule has 1 saturated carbocycles. The van der Waals surface area contributed by atoms with E-state index in [1.807, 2.05) is 0 Å². The number of hydrogen-bond donors (Lipinski definition) is 2. The minimum absolute atomic E-state index is 0.0219. The Kier molecular flexibility index (Phi) is 5.21. The van der Waals surface area contributed by atoms with Crippen molar-refractivity contribution in [3.63, 3.8) is 0 Å². The Labute approximate surface area is 154 Å². The van der Waals surface area contributed by atoms with Gasteiger partial charge in [-0.1, -0.05) is 30.3 Å². The van der Waals surface area contributed by atoms with Gasteiger partial charge in [-0.2, -0.15) is 13.2 Å². The highest BCUT2D eigenvalue weighted by atomic mass is 19.4. The molecule has 0 spiro atoms. The number of hydrogen-bond acceptors (Lipinski definition) is 2. The average Bonchev–Trinajstić information content (AvgIpc) is 3.41. The lowest BCUT2D eigenvalue weighted by Crippen LogP contribution is -2.15. The number of nitrogens with one attached hydrogen (secondary N) is 1. The minimum Gasteiger partial charge on any atom is -0.481 e. The van der Waals surface area contributed by atoms with Crippen LogP contribution in [-0.2, 0) is 22.2 Å². The van der Waals surface area contributed by atoms with E-state index in [-0.39, 0.29) is 17.9 Å². The van der Waals surface area contributed by atoms with Crippen molar-refractivity contribution in [2.24, 2.45) is 5.92 Å². The van der Waals surface area contributed by atoms with Gasteiger partial charge in [0.1, 0.15) is 0 Å². The van der Waals surface area contributed by atoms with Crippen molar-refractivity contribution < 1.29 is 27.9 Å². The second-order valence-electron chi connectivity index (χ2n) is 6.61. The molecule has 4 nitrogen and oxygen atoms in total. The van der Waals surface area contributed by atoms with Crippen molar-refractivity contribution in [2.75, 3.05) is 5.32 Å². The average molecular weight is 377 g/mol. The molecule has 0 saturated heterocycles. The number of carbonyl (C=O) groups excluding carboxylic acids is 1. The van der Waals surface area contributed by atoms with E-state index in [9.17, 15) is 22.8 Å². The molecule has 0 aliphatic heterocycles. The van der Waals surface area contributed by atoms with E-state index >= 15 is 0 Å². The Morgan fingerprint density at radius 2 is 1.74 bits per heavy atom. The van der Waals surface area contributed by atoms with Gasteiger partial charge in [0.15, 0.2) is 0 Å². The zero-order valence-corrected chi connectivity index (χ0v) is 14.3. The zero-order chi connectivity index (χ0) is 19.6. The number of carboxylic acid groups (broad SMARTS) is 1. The second kappa shape index (κ2) is 7.42. The molecule has 1 aliphatic carbocycles. The molecular formula is C20H18F3NO3. The van der Waals surface area contributed by atoms with Crippen LogP contribution in [0.3, 0.4) is 0 Å². The number of carboxylic acids is 1. The van der Waals surface area contributed by atoms with Gasteiger partial charge in [-0.3, -0.25) is 9.59 Å². The van der Waals surface area contributed by atoms with Crippen LogP contribution in [0.5, 0.6) is 0 Å². The zero-order valence-electron chi connectivity index (χ0n) is 14.3. The Morgan fingerprint density at radius 1 is 1.07 bits per heavy atom. The van der Waals surface area contributed by atoms with Gasteiger partial charge in [0.2, 0.25) is 5.91 Å². The largest absolute Gasteiger partial charge is 0.481 e. The van der Waals surface area contributed by atoms with Crippen LogP contribution in [0.15, 0.2) is 48.5 Å². The van der Waals surface area contributed by atoms with Gasteiger partial charge in [0, 0.05) is 18.0 Å². The number of anilines is 1. The Morgan fingerprint density at radius 3 is 2.37 bits per heavy atom. The molecule has 0 bridgehead atoms. The van der Waals surface area contributed by atoms with Crippen LogP contribution in [0, 0.1) is 5.92 Å². The number of aliphatic carboxylic acids is 1. The number of alkyl halides is 3. The number of aryl methyl sites for hydroxylation is 1. The molecule has 27 heavy (non-hydrogen) atoms. The fourth-order valence-electron chi connectivity index (χ4n) is 3.15. The first kappa shape index (κ1) is 18.9. The fourth-order valence-corrected chi connectivity index (χ4v) is 3.15. The highest BCUT2D eigenvalue weighted by molar-refractivity contribution is 5.95. The van der Waals surface area contributed by atoms with Gasteiger partial charge < -0.3 is 10.4 Å². The van der Waals surface area contributed by atoms with Crippen molar-refractivity contribution in [3.05, 3.63) is 65.2 Å². The predicted molar refractivity (Wildman–Crippen MR) is 93.3 cm³/mol. The summed E-state index contributed by atoms with van der Waals surface area (Å²) in [6.07, 6.45) is -3.64. The second-order valence-corrected chi connectivity index (χ2v) is 6.61.